The van der Waals surface area contributed by atoms with Gasteiger partial charge in [-0.05, 0) is 61.6 Å². The smallest absolute Gasteiger partial charge is 0.260 e. The summed E-state index contributed by atoms with van der Waals surface area (Å²) in [4.78, 5) is 16.8. The van der Waals surface area contributed by atoms with Crippen LogP contribution in [0.15, 0.2) is 54.6 Å². The lowest BCUT2D eigenvalue weighted by atomic mass is 9.89. The summed E-state index contributed by atoms with van der Waals surface area (Å²) in [5, 5.41) is 0. The first-order valence-electron chi connectivity index (χ1n) is 10.1. The topological polar surface area (TPSA) is 32.8 Å². The van der Waals surface area contributed by atoms with Crippen LogP contribution in [-0.4, -0.2) is 43.6 Å². The lowest BCUT2D eigenvalue weighted by Crippen LogP contribution is -2.50. The molecule has 0 N–H and O–H groups in total. The molecule has 1 fully saturated rings. The molecule has 1 saturated heterocycles. The Balaban J connectivity index is 1.28. The number of piperazine rings is 1. The van der Waals surface area contributed by atoms with Gasteiger partial charge in [-0.15, -0.1) is 0 Å². The maximum atomic E-state index is 12.6. The van der Waals surface area contributed by atoms with Crippen LogP contribution in [0.2, 0.25) is 0 Å². The second-order valence-electron chi connectivity index (χ2n) is 7.85. The van der Waals surface area contributed by atoms with Gasteiger partial charge < -0.3 is 14.5 Å². The standard InChI is InChI=1S/C24H28N2O2/c1-18-4-8-22(9-5-18)25-11-13-26(14-12-25)24(27)17-28-23-10-7-20-15-19(2)3-6-21(20)16-23/h4-5,7-10,16H,2-3,6,11-15,17H2,1H3. The summed E-state index contributed by atoms with van der Waals surface area (Å²) in [6.45, 7) is 9.49. The zero-order valence-electron chi connectivity index (χ0n) is 16.6. The molecule has 4 nitrogen and oxygen atoms in total. The number of anilines is 1. The first-order valence-corrected chi connectivity index (χ1v) is 10.1. The number of carbonyl (C=O) groups excluding carboxylic acids is 1. The Morgan fingerprint density at radius 3 is 2.50 bits per heavy atom. The minimum absolute atomic E-state index is 0.0645. The zero-order valence-corrected chi connectivity index (χ0v) is 16.6. The maximum absolute atomic E-state index is 12.6. The molecule has 0 unspecified atom stereocenters. The van der Waals surface area contributed by atoms with Gasteiger partial charge in [-0.2, -0.15) is 0 Å². The summed E-state index contributed by atoms with van der Waals surface area (Å²) in [5.74, 6) is 0.854. The van der Waals surface area contributed by atoms with E-state index in [1.807, 2.05) is 11.0 Å². The molecular weight excluding hydrogens is 348 g/mol. The Bertz CT molecular complexity index is 865. The van der Waals surface area contributed by atoms with E-state index in [2.05, 4.69) is 54.8 Å². The predicted molar refractivity (Wildman–Crippen MR) is 113 cm³/mol. The predicted octanol–water partition coefficient (Wildman–Crippen LogP) is 3.77. The number of nitrogens with zero attached hydrogens (tertiary/aromatic N) is 2. The van der Waals surface area contributed by atoms with Gasteiger partial charge in [-0.25, -0.2) is 0 Å². The average molecular weight is 377 g/mol. The number of rotatable bonds is 4. The fourth-order valence-corrected chi connectivity index (χ4v) is 3.97. The first-order chi connectivity index (χ1) is 13.6. The second-order valence-corrected chi connectivity index (χ2v) is 7.85. The highest BCUT2D eigenvalue weighted by atomic mass is 16.5. The van der Waals surface area contributed by atoms with Crippen LogP contribution in [0.25, 0.3) is 0 Å². The van der Waals surface area contributed by atoms with Crippen LogP contribution in [0.1, 0.15) is 23.1 Å². The van der Waals surface area contributed by atoms with E-state index >= 15 is 0 Å². The van der Waals surface area contributed by atoms with Gasteiger partial charge in [0.05, 0.1) is 0 Å². The molecule has 28 heavy (non-hydrogen) atoms. The van der Waals surface area contributed by atoms with Gasteiger partial charge in [-0.1, -0.05) is 35.9 Å². The largest absolute Gasteiger partial charge is 0.484 e. The number of aryl methyl sites for hydroxylation is 2. The van der Waals surface area contributed by atoms with E-state index in [1.54, 1.807) is 0 Å². The van der Waals surface area contributed by atoms with Gasteiger partial charge in [-0.3, -0.25) is 4.79 Å². The van der Waals surface area contributed by atoms with Crippen molar-refractivity contribution < 1.29 is 9.53 Å². The highest BCUT2D eigenvalue weighted by molar-refractivity contribution is 5.78. The van der Waals surface area contributed by atoms with Crippen LogP contribution in [-0.2, 0) is 17.6 Å². The van der Waals surface area contributed by atoms with E-state index in [1.165, 1.54) is 28.0 Å². The van der Waals surface area contributed by atoms with E-state index in [9.17, 15) is 4.79 Å². The molecule has 0 bridgehead atoms. The molecule has 1 amide bonds. The third kappa shape index (κ3) is 4.22. The minimum atomic E-state index is 0.0645. The van der Waals surface area contributed by atoms with Crippen molar-refractivity contribution in [1.82, 2.24) is 4.90 Å². The summed E-state index contributed by atoms with van der Waals surface area (Å²) < 4.78 is 5.81. The van der Waals surface area contributed by atoms with Crippen molar-refractivity contribution in [2.45, 2.75) is 26.2 Å². The molecule has 4 heteroatoms. The molecule has 0 atom stereocenters. The fourth-order valence-electron chi connectivity index (χ4n) is 3.97. The zero-order chi connectivity index (χ0) is 19.5. The van der Waals surface area contributed by atoms with Crippen LogP contribution in [0, 0.1) is 6.92 Å². The van der Waals surface area contributed by atoms with E-state index in [4.69, 9.17) is 4.74 Å². The van der Waals surface area contributed by atoms with Crippen molar-refractivity contribution in [3.63, 3.8) is 0 Å². The van der Waals surface area contributed by atoms with E-state index < -0.39 is 0 Å². The number of ether oxygens (including phenoxy) is 1. The molecule has 146 valence electrons. The van der Waals surface area contributed by atoms with Crippen molar-refractivity contribution in [3.05, 3.63) is 71.3 Å². The SMILES string of the molecule is C=C1CCc2cc(OCC(=O)N3CCN(c4ccc(C)cc4)CC3)ccc2C1. The highest BCUT2D eigenvalue weighted by Crippen LogP contribution is 2.27. The number of hydrogen-bond acceptors (Lipinski definition) is 3. The third-order valence-electron chi connectivity index (χ3n) is 5.76. The Hall–Kier alpha value is -2.75. The molecule has 2 aromatic carbocycles. The maximum Gasteiger partial charge on any atom is 0.260 e. The quantitative estimate of drug-likeness (QED) is 0.762. The van der Waals surface area contributed by atoms with E-state index in [0.29, 0.717) is 0 Å². The number of fused-ring (bicyclic) bond motifs is 1. The van der Waals surface area contributed by atoms with Crippen molar-refractivity contribution in [1.29, 1.82) is 0 Å². The highest BCUT2D eigenvalue weighted by Gasteiger charge is 2.22. The summed E-state index contributed by atoms with van der Waals surface area (Å²) in [7, 11) is 0. The normalized spacial score (nSPS) is 16.7. The minimum Gasteiger partial charge on any atom is -0.484 e. The summed E-state index contributed by atoms with van der Waals surface area (Å²) in [6.07, 6.45) is 3.01. The van der Waals surface area contributed by atoms with Gasteiger partial charge in [0.2, 0.25) is 0 Å². The second kappa shape index (κ2) is 8.09. The number of allylic oxidation sites excluding steroid dienone is 1. The van der Waals surface area contributed by atoms with Crippen LogP contribution in [0.4, 0.5) is 5.69 Å². The van der Waals surface area contributed by atoms with Crippen LogP contribution < -0.4 is 9.64 Å². The molecule has 1 heterocycles. The summed E-state index contributed by atoms with van der Waals surface area (Å²) in [6, 6.07) is 14.7. The molecule has 1 aliphatic heterocycles. The summed E-state index contributed by atoms with van der Waals surface area (Å²) in [5.41, 5.74) is 6.44. The molecule has 0 spiro atoms. The Kier molecular flexibility index (Phi) is 5.38. The van der Waals surface area contributed by atoms with Gasteiger partial charge in [0.25, 0.3) is 5.91 Å². The van der Waals surface area contributed by atoms with Crippen LogP contribution in [0.3, 0.4) is 0 Å². The molecule has 1 aliphatic carbocycles. The molecule has 2 aliphatic rings. The molecule has 0 saturated carbocycles. The van der Waals surface area contributed by atoms with Crippen molar-refractivity contribution >= 4 is 11.6 Å². The van der Waals surface area contributed by atoms with Crippen molar-refractivity contribution in [3.8, 4) is 5.75 Å². The van der Waals surface area contributed by atoms with Gasteiger partial charge in [0.15, 0.2) is 6.61 Å². The monoisotopic (exact) mass is 376 g/mol. The van der Waals surface area contributed by atoms with Gasteiger partial charge in [0, 0.05) is 31.9 Å². The Morgan fingerprint density at radius 2 is 1.75 bits per heavy atom. The number of hydrogen-bond donors (Lipinski definition) is 0. The van der Waals surface area contributed by atoms with Gasteiger partial charge >= 0.3 is 0 Å². The first kappa shape index (κ1) is 18.6. The lowest BCUT2D eigenvalue weighted by molar-refractivity contribution is -0.133. The average Bonchev–Trinajstić information content (AvgIpc) is 2.72. The van der Waals surface area contributed by atoms with Gasteiger partial charge in [0.1, 0.15) is 5.75 Å². The summed E-state index contributed by atoms with van der Waals surface area (Å²) >= 11 is 0. The molecule has 2 aromatic rings. The number of carbonyl (C=O) groups is 1. The molecule has 0 aromatic heterocycles. The van der Waals surface area contributed by atoms with Crippen molar-refractivity contribution in [2.75, 3.05) is 37.7 Å². The van der Waals surface area contributed by atoms with Crippen LogP contribution >= 0.6 is 0 Å². The van der Waals surface area contributed by atoms with Crippen molar-refractivity contribution in [2.24, 2.45) is 0 Å². The number of amides is 1. The van der Waals surface area contributed by atoms with E-state index in [0.717, 1.165) is 51.2 Å². The molecule has 0 radical (unpaired) electrons. The molecular formula is C24H28N2O2. The lowest BCUT2D eigenvalue weighted by Gasteiger charge is -2.36. The van der Waals surface area contributed by atoms with Crippen LogP contribution in [0.5, 0.6) is 5.75 Å². The number of benzene rings is 2. The Labute approximate surface area is 167 Å². The molecule has 4 rings (SSSR count). The fraction of sp³-hybridized carbons (Fsp3) is 0.375. The van der Waals surface area contributed by atoms with E-state index in [-0.39, 0.29) is 12.5 Å². The third-order valence-corrected chi connectivity index (χ3v) is 5.76. The Morgan fingerprint density at radius 1 is 1.00 bits per heavy atom.